The molecule has 0 saturated heterocycles. The van der Waals surface area contributed by atoms with Gasteiger partial charge >= 0.3 is 0 Å². The van der Waals surface area contributed by atoms with Gasteiger partial charge in [0.15, 0.2) is 0 Å². The molecule has 0 amide bonds. The number of hydrogen-bond acceptors (Lipinski definition) is 4. The monoisotopic (exact) mass is 370 g/mol. The molecule has 0 saturated carbocycles. The van der Waals surface area contributed by atoms with Crippen molar-refractivity contribution in [2.75, 3.05) is 0 Å². The van der Waals surface area contributed by atoms with Gasteiger partial charge < -0.3 is 8.83 Å². The maximum absolute atomic E-state index is 5.74. The van der Waals surface area contributed by atoms with Gasteiger partial charge in [0.2, 0.25) is 0 Å². The van der Waals surface area contributed by atoms with Crippen molar-refractivity contribution in [3.63, 3.8) is 0 Å². The Morgan fingerprint density at radius 2 is 1.07 bits per heavy atom. The van der Waals surface area contributed by atoms with Gasteiger partial charge in [-0.2, -0.15) is 0 Å². The average molecular weight is 370 g/mol. The number of rotatable bonds is 0. The molecule has 140 valence electrons. The van der Waals surface area contributed by atoms with Gasteiger partial charge in [0, 0.05) is 10.8 Å². The molecule has 28 heavy (non-hydrogen) atoms. The van der Waals surface area contributed by atoms with E-state index in [0.717, 1.165) is 11.4 Å². The summed E-state index contributed by atoms with van der Waals surface area (Å²) in [5.41, 5.74) is 5.81. The lowest BCUT2D eigenvalue weighted by Gasteiger charge is -2.25. The fourth-order valence-electron chi connectivity index (χ4n) is 3.79. The van der Waals surface area contributed by atoms with Crippen LogP contribution in [0.1, 0.15) is 50.2 Å². The minimum Gasteiger partial charge on any atom is -0.441 e. The molecule has 3 heterocycles. The lowest BCUT2D eigenvalue weighted by Crippen LogP contribution is -2.20. The Morgan fingerprint density at radius 3 is 1.50 bits per heavy atom. The van der Waals surface area contributed by atoms with E-state index in [1.165, 1.54) is 22.3 Å². The first-order chi connectivity index (χ1) is 13.4. The zero-order valence-electron chi connectivity index (χ0n) is 16.5. The van der Waals surface area contributed by atoms with Crippen LogP contribution in [-0.2, 0) is 10.8 Å². The van der Waals surface area contributed by atoms with Crippen LogP contribution >= 0.6 is 0 Å². The van der Waals surface area contributed by atoms with Crippen LogP contribution in [0.4, 0.5) is 0 Å². The van der Waals surface area contributed by atoms with Crippen LogP contribution in [0.25, 0.3) is 22.9 Å². The molecule has 1 aliphatic heterocycles. The van der Waals surface area contributed by atoms with Crippen molar-refractivity contribution in [2.24, 2.45) is 0 Å². The summed E-state index contributed by atoms with van der Waals surface area (Å²) in [5.74, 6) is 0.819. The van der Waals surface area contributed by atoms with E-state index in [4.69, 9.17) is 18.8 Å². The van der Waals surface area contributed by atoms with E-state index in [1.54, 1.807) is 12.5 Å². The van der Waals surface area contributed by atoms with Gasteiger partial charge in [-0.25, -0.2) is 9.97 Å². The van der Waals surface area contributed by atoms with Crippen molar-refractivity contribution in [3.8, 4) is 22.9 Å². The summed E-state index contributed by atoms with van der Waals surface area (Å²) < 4.78 is 11.5. The Balaban J connectivity index is 1.82. The second-order valence-electron chi connectivity index (χ2n) is 8.49. The molecule has 0 atom stereocenters. The largest absolute Gasteiger partial charge is 0.441 e. The lowest BCUT2D eigenvalue weighted by molar-refractivity contribution is 0.506. The molecule has 4 heteroatoms. The van der Waals surface area contributed by atoms with Gasteiger partial charge in [-0.1, -0.05) is 76.2 Å². The molecule has 0 aliphatic carbocycles. The summed E-state index contributed by atoms with van der Waals surface area (Å²) in [7, 11) is 0. The van der Waals surface area contributed by atoms with Crippen molar-refractivity contribution in [3.05, 3.63) is 83.6 Å². The molecule has 5 rings (SSSR count). The minimum atomic E-state index is -0.311. The minimum absolute atomic E-state index is 0.311. The van der Waals surface area contributed by atoms with Crippen LogP contribution in [-0.4, -0.2) is 9.97 Å². The lowest BCUT2D eigenvalue weighted by atomic mass is 9.79. The van der Waals surface area contributed by atoms with Gasteiger partial charge in [-0.05, 0) is 22.3 Å². The molecular weight excluding hydrogens is 348 g/mol. The van der Waals surface area contributed by atoms with E-state index >= 15 is 0 Å². The summed E-state index contributed by atoms with van der Waals surface area (Å²) in [6.07, 6.45) is 3.41. The number of hydrogen-bond donors (Lipinski definition) is 0. The molecule has 4 nitrogen and oxygen atoms in total. The number of nitrogens with zero attached hydrogens (tertiary/aromatic N) is 2. The summed E-state index contributed by atoms with van der Waals surface area (Å²) >= 11 is 0. The van der Waals surface area contributed by atoms with Crippen LogP contribution in [0.2, 0.25) is 0 Å². The van der Waals surface area contributed by atoms with Crippen molar-refractivity contribution < 1.29 is 8.83 Å². The van der Waals surface area contributed by atoms with Crippen LogP contribution in [0.5, 0.6) is 0 Å². The van der Waals surface area contributed by atoms with Gasteiger partial charge in [-0.3, -0.25) is 0 Å². The Kier molecular flexibility index (Phi) is 3.45. The highest BCUT2D eigenvalue weighted by molar-refractivity contribution is 5.66. The molecular formula is C24H22N2O2. The Hall–Kier alpha value is -3.14. The molecule has 2 aromatic carbocycles. The number of oxazole rings is 2. The molecule has 8 bridgehead atoms. The highest BCUT2D eigenvalue weighted by atomic mass is 16.4. The first-order valence-corrected chi connectivity index (χ1v) is 9.49. The summed E-state index contributed by atoms with van der Waals surface area (Å²) in [5, 5.41) is 0. The Bertz CT molecular complexity index is 1090. The van der Waals surface area contributed by atoms with E-state index in [-0.39, 0.29) is 10.8 Å². The van der Waals surface area contributed by atoms with E-state index in [2.05, 4.69) is 76.2 Å². The van der Waals surface area contributed by atoms with Crippen LogP contribution in [0, 0.1) is 0 Å². The summed E-state index contributed by atoms with van der Waals surface area (Å²) in [4.78, 5) is 9.41. The predicted octanol–water partition coefficient (Wildman–Crippen LogP) is 5.96. The number of benzene rings is 2. The smallest absolute Gasteiger partial charge is 0.283 e. The van der Waals surface area contributed by atoms with Crippen LogP contribution in [0.15, 0.2) is 69.9 Å². The maximum Gasteiger partial charge on any atom is 0.283 e. The summed E-state index contributed by atoms with van der Waals surface area (Å²) in [6, 6.07) is 17.3. The number of fused-ring (bicyclic) bond motifs is 10. The van der Waals surface area contributed by atoms with Gasteiger partial charge in [0.1, 0.15) is 12.5 Å². The first-order valence-electron chi connectivity index (χ1n) is 9.49. The third-order valence-electron chi connectivity index (χ3n) is 5.97. The third-order valence-corrected chi connectivity index (χ3v) is 5.97. The van der Waals surface area contributed by atoms with Crippen LogP contribution < -0.4 is 0 Å². The predicted molar refractivity (Wildman–Crippen MR) is 108 cm³/mol. The van der Waals surface area contributed by atoms with Crippen LogP contribution in [0.3, 0.4) is 0 Å². The maximum atomic E-state index is 5.74. The fraction of sp³-hybridized carbons (Fsp3) is 0.250. The Labute approximate surface area is 164 Å². The molecule has 0 fully saturated rings. The standard InChI is InChI=1S/C24H22N2O2/c1-23(2)17-9-5-7-15(11-17)16-8-6-10-18(12-16)24(3,4)20-14-28-22(26-20)21-25-19(23)13-27-21/h5-14H,1-4H3. The Morgan fingerprint density at radius 1 is 0.643 bits per heavy atom. The normalized spacial score (nSPS) is 16.4. The van der Waals surface area contributed by atoms with Crippen molar-refractivity contribution >= 4 is 0 Å². The molecule has 4 aromatic rings. The van der Waals surface area contributed by atoms with Gasteiger partial charge in [0.05, 0.1) is 11.4 Å². The zero-order chi connectivity index (χ0) is 19.5. The number of aromatic nitrogens is 2. The second kappa shape index (κ2) is 5.68. The molecule has 0 N–H and O–H groups in total. The average Bonchev–Trinajstić information content (AvgIpc) is 3.37. The second-order valence-corrected chi connectivity index (χ2v) is 8.49. The topological polar surface area (TPSA) is 52.1 Å². The summed E-state index contributed by atoms with van der Waals surface area (Å²) in [6.45, 7) is 8.61. The van der Waals surface area contributed by atoms with E-state index in [0.29, 0.717) is 11.8 Å². The van der Waals surface area contributed by atoms with Crippen molar-refractivity contribution in [1.82, 2.24) is 9.97 Å². The van der Waals surface area contributed by atoms with Gasteiger partial charge in [-0.15, -0.1) is 0 Å². The molecule has 1 aliphatic rings. The SMILES string of the molecule is CC1(C)c2cccc(c2)-c2cccc(c2)C(C)(C)c2coc(n2)-c2nc1co2. The van der Waals surface area contributed by atoms with Gasteiger partial charge in [0.25, 0.3) is 11.8 Å². The molecule has 2 aromatic heterocycles. The van der Waals surface area contributed by atoms with Crippen molar-refractivity contribution in [2.45, 2.75) is 38.5 Å². The quantitative estimate of drug-likeness (QED) is 0.383. The van der Waals surface area contributed by atoms with Crippen molar-refractivity contribution in [1.29, 1.82) is 0 Å². The highest BCUT2D eigenvalue weighted by Gasteiger charge is 2.31. The van der Waals surface area contributed by atoms with E-state index in [9.17, 15) is 0 Å². The zero-order valence-corrected chi connectivity index (χ0v) is 16.5. The first kappa shape index (κ1) is 17.0. The highest BCUT2D eigenvalue weighted by Crippen LogP contribution is 2.38. The molecule has 0 unspecified atom stereocenters. The fourth-order valence-corrected chi connectivity index (χ4v) is 3.79. The van der Waals surface area contributed by atoms with E-state index < -0.39 is 0 Å². The molecule has 0 radical (unpaired) electrons. The molecule has 0 spiro atoms. The van der Waals surface area contributed by atoms with E-state index in [1.807, 2.05) is 0 Å². The third kappa shape index (κ3) is 2.44.